The van der Waals surface area contributed by atoms with Crippen molar-refractivity contribution in [2.24, 2.45) is 0 Å². The summed E-state index contributed by atoms with van der Waals surface area (Å²) in [5.41, 5.74) is 1.29. The number of morpholine rings is 1. The number of nitrogens with zero attached hydrogens (tertiary/aromatic N) is 3. The fraction of sp³-hybridized carbons (Fsp3) is 0.300. The molecule has 0 atom stereocenters. The summed E-state index contributed by atoms with van der Waals surface area (Å²) < 4.78 is 15.9. The van der Waals surface area contributed by atoms with Crippen molar-refractivity contribution in [3.05, 3.63) is 47.5 Å². The molecule has 1 aromatic carbocycles. The number of para-hydroxylation sites is 1. The van der Waals surface area contributed by atoms with E-state index < -0.39 is 11.9 Å². The Morgan fingerprint density at radius 1 is 1.17 bits per heavy atom. The molecule has 150 valence electrons. The molecule has 4 rings (SSSR count). The Bertz CT molecular complexity index is 1070. The number of carbonyl (C=O) groups is 2. The highest BCUT2D eigenvalue weighted by molar-refractivity contribution is 6.16. The number of amides is 1. The maximum Gasteiger partial charge on any atom is 0.339 e. The average Bonchev–Trinajstić information content (AvgIpc) is 3.10. The predicted molar refractivity (Wildman–Crippen MR) is 105 cm³/mol. The minimum absolute atomic E-state index is 0.262. The largest absolute Gasteiger partial charge is 0.465 e. The number of esters is 1. The van der Waals surface area contributed by atoms with Gasteiger partial charge in [0.15, 0.2) is 0 Å². The van der Waals surface area contributed by atoms with Gasteiger partial charge in [0.1, 0.15) is 17.9 Å². The standard InChI is InChI=1S/C20H20N4O5/c1-12-15(18(25)23-14-6-4-3-5-13(14)20(26)27-2)16-17(21-11-22-19(16)29-12)24-7-9-28-10-8-24/h3-6,11H,7-10H2,1-2H3,(H,23,25). The molecule has 0 aliphatic carbocycles. The van der Waals surface area contributed by atoms with Crippen molar-refractivity contribution in [3.63, 3.8) is 0 Å². The lowest BCUT2D eigenvalue weighted by molar-refractivity contribution is 0.0602. The van der Waals surface area contributed by atoms with Crippen LogP contribution < -0.4 is 10.2 Å². The summed E-state index contributed by atoms with van der Waals surface area (Å²) >= 11 is 0. The molecule has 1 N–H and O–H groups in total. The second kappa shape index (κ2) is 7.88. The molecule has 3 aromatic rings. The van der Waals surface area contributed by atoms with Crippen LogP contribution >= 0.6 is 0 Å². The van der Waals surface area contributed by atoms with Gasteiger partial charge in [-0.15, -0.1) is 0 Å². The number of carbonyl (C=O) groups excluding carboxylic acids is 2. The van der Waals surface area contributed by atoms with Crippen molar-refractivity contribution < 1.29 is 23.5 Å². The van der Waals surface area contributed by atoms with Gasteiger partial charge in [-0.3, -0.25) is 4.79 Å². The van der Waals surface area contributed by atoms with Gasteiger partial charge in [-0.2, -0.15) is 0 Å². The number of aryl methyl sites for hydroxylation is 1. The number of rotatable bonds is 4. The summed E-state index contributed by atoms with van der Waals surface area (Å²) in [4.78, 5) is 35.8. The number of hydrogen-bond acceptors (Lipinski definition) is 8. The minimum atomic E-state index is -0.535. The van der Waals surface area contributed by atoms with Crippen molar-refractivity contribution in [1.29, 1.82) is 0 Å². The Hall–Kier alpha value is -3.46. The van der Waals surface area contributed by atoms with E-state index in [9.17, 15) is 9.59 Å². The molecule has 29 heavy (non-hydrogen) atoms. The van der Waals surface area contributed by atoms with Gasteiger partial charge in [0, 0.05) is 13.1 Å². The number of aromatic nitrogens is 2. The van der Waals surface area contributed by atoms with Gasteiger partial charge in [-0.1, -0.05) is 12.1 Å². The summed E-state index contributed by atoms with van der Waals surface area (Å²) in [6.07, 6.45) is 1.42. The van der Waals surface area contributed by atoms with Crippen molar-refractivity contribution in [2.75, 3.05) is 43.6 Å². The van der Waals surface area contributed by atoms with Crippen LogP contribution in [0.2, 0.25) is 0 Å². The molecule has 0 unspecified atom stereocenters. The summed E-state index contributed by atoms with van der Waals surface area (Å²) in [7, 11) is 1.29. The molecule has 0 spiro atoms. The van der Waals surface area contributed by atoms with Crippen molar-refractivity contribution in [2.45, 2.75) is 6.92 Å². The molecule has 1 fully saturated rings. The Morgan fingerprint density at radius 2 is 1.93 bits per heavy atom. The lowest BCUT2D eigenvalue weighted by atomic mass is 10.1. The van der Waals surface area contributed by atoms with Gasteiger partial charge in [0.25, 0.3) is 5.91 Å². The number of fused-ring (bicyclic) bond motifs is 1. The molecular formula is C20H20N4O5. The van der Waals surface area contributed by atoms with E-state index in [2.05, 4.69) is 15.3 Å². The van der Waals surface area contributed by atoms with Crippen molar-refractivity contribution in [3.8, 4) is 0 Å². The zero-order chi connectivity index (χ0) is 20.4. The first kappa shape index (κ1) is 18.9. The second-order valence-electron chi connectivity index (χ2n) is 6.50. The molecule has 0 bridgehead atoms. The Morgan fingerprint density at radius 3 is 2.69 bits per heavy atom. The van der Waals surface area contributed by atoms with Crippen LogP contribution in [-0.4, -0.2) is 55.3 Å². The van der Waals surface area contributed by atoms with E-state index in [4.69, 9.17) is 13.9 Å². The molecule has 1 aliphatic heterocycles. The molecule has 9 heteroatoms. The third-order valence-corrected chi connectivity index (χ3v) is 4.76. The fourth-order valence-electron chi connectivity index (χ4n) is 3.38. The third-order valence-electron chi connectivity index (χ3n) is 4.76. The van der Waals surface area contributed by atoms with Crippen molar-refractivity contribution in [1.82, 2.24) is 9.97 Å². The third kappa shape index (κ3) is 3.52. The first-order valence-electron chi connectivity index (χ1n) is 9.15. The zero-order valence-corrected chi connectivity index (χ0v) is 16.1. The SMILES string of the molecule is COC(=O)c1ccccc1NC(=O)c1c(C)oc2ncnc(N3CCOCC3)c12. The number of furan rings is 1. The van der Waals surface area contributed by atoms with E-state index in [-0.39, 0.29) is 5.56 Å². The van der Waals surface area contributed by atoms with Gasteiger partial charge in [-0.25, -0.2) is 14.8 Å². The van der Waals surface area contributed by atoms with Gasteiger partial charge in [0.2, 0.25) is 5.71 Å². The quantitative estimate of drug-likeness (QED) is 0.670. The normalized spacial score (nSPS) is 14.1. The summed E-state index contributed by atoms with van der Waals surface area (Å²) in [6.45, 7) is 4.17. The maximum absolute atomic E-state index is 13.2. The van der Waals surface area contributed by atoms with Crippen LogP contribution in [0.5, 0.6) is 0 Å². The number of methoxy groups -OCH3 is 1. The lowest BCUT2D eigenvalue weighted by Crippen LogP contribution is -2.37. The second-order valence-corrected chi connectivity index (χ2v) is 6.50. The van der Waals surface area contributed by atoms with Crippen LogP contribution in [0, 0.1) is 6.92 Å². The smallest absolute Gasteiger partial charge is 0.339 e. The van der Waals surface area contributed by atoms with E-state index in [0.29, 0.717) is 60.2 Å². The van der Waals surface area contributed by atoms with Gasteiger partial charge in [-0.05, 0) is 19.1 Å². The highest BCUT2D eigenvalue weighted by Crippen LogP contribution is 2.32. The highest BCUT2D eigenvalue weighted by Gasteiger charge is 2.26. The first-order chi connectivity index (χ1) is 14.1. The van der Waals surface area contributed by atoms with Crippen LogP contribution in [0.15, 0.2) is 35.0 Å². The van der Waals surface area contributed by atoms with Crippen LogP contribution in [0.25, 0.3) is 11.1 Å². The van der Waals surface area contributed by atoms with E-state index in [0.717, 1.165) is 0 Å². The van der Waals surface area contributed by atoms with Crippen molar-refractivity contribution >= 4 is 34.5 Å². The van der Waals surface area contributed by atoms with Crippen LogP contribution in [-0.2, 0) is 9.47 Å². The zero-order valence-electron chi connectivity index (χ0n) is 16.1. The van der Waals surface area contributed by atoms with E-state index in [1.165, 1.54) is 13.4 Å². The number of benzene rings is 1. The molecule has 1 aliphatic rings. The molecule has 9 nitrogen and oxygen atoms in total. The summed E-state index contributed by atoms with van der Waals surface area (Å²) in [5, 5.41) is 3.33. The first-order valence-corrected chi connectivity index (χ1v) is 9.15. The minimum Gasteiger partial charge on any atom is -0.465 e. The molecule has 1 saturated heterocycles. The highest BCUT2D eigenvalue weighted by atomic mass is 16.5. The molecule has 2 aromatic heterocycles. The monoisotopic (exact) mass is 396 g/mol. The van der Waals surface area contributed by atoms with Crippen LogP contribution in [0.4, 0.5) is 11.5 Å². The molecule has 3 heterocycles. The fourth-order valence-corrected chi connectivity index (χ4v) is 3.38. The lowest BCUT2D eigenvalue weighted by Gasteiger charge is -2.28. The molecule has 1 amide bonds. The number of nitrogens with one attached hydrogen (secondary N) is 1. The number of hydrogen-bond donors (Lipinski definition) is 1. The average molecular weight is 396 g/mol. The van der Waals surface area contributed by atoms with E-state index >= 15 is 0 Å². The van der Waals surface area contributed by atoms with Gasteiger partial charge < -0.3 is 24.1 Å². The molecule has 0 radical (unpaired) electrons. The summed E-state index contributed by atoms with van der Waals surface area (Å²) in [6, 6.07) is 6.65. The molecule has 0 saturated carbocycles. The summed E-state index contributed by atoms with van der Waals surface area (Å²) in [5.74, 6) is 0.0959. The van der Waals surface area contributed by atoms with E-state index in [1.54, 1.807) is 31.2 Å². The Labute approximate surface area is 166 Å². The van der Waals surface area contributed by atoms with Crippen LogP contribution in [0.3, 0.4) is 0 Å². The number of ether oxygens (including phenoxy) is 2. The van der Waals surface area contributed by atoms with Crippen LogP contribution in [0.1, 0.15) is 26.5 Å². The maximum atomic E-state index is 13.2. The Kier molecular flexibility index (Phi) is 5.13. The Balaban J connectivity index is 1.75. The topological polar surface area (TPSA) is 107 Å². The molecular weight excluding hydrogens is 376 g/mol. The predicted octanol–water partition coefficient (Wildman–Crippen LogP) is 2.41. The van der Waals surface area contributed by atoms with E-state index in [1.807, 2.05) is 4.90 Å². The van der Waals surface area contributed by atoms with Gasteiger partial charge in [0.05, 0.1) is 42.5 Å². The van der Waals surface area contributed by atoms with Gasteiger partial charge >= 0.3 is 5.97 Å². The number of anilines is 2.